The van der Waals surface area contributed by atoms with Crippen LogP contribution in [0.1, 0.15) is 27.0 Å². The molecule has 0 radical (unpaired) electrons. The number of benzene rings is 2. The SMILES string of the molecule is O=C(NCCO)c1cccc2c1CCN2c1cc(Cc2cc(F)c(F)c(F)c2)ccn1. The highest BCUT2D eigenvalue weighted by atomic mass is 19.2. The third-order valence-electron chi connectivity index (χ3n) is 5.21. The van der Waals surface area contributed by atoms with Gasteiger partial charge in [-0.15, -0.1) is 0 Å². The molecule has 8 heteroatoms. The Morgan fingerprint density at radius 2 is 1.87 bits per heavy atom. The molecular formula is C23H20F3N3O2. The van der Waals surface area contributed by atoms with Gasteiger partial charge in [-0.25, -0.2) is 18.2 Å². The van der Waals surface area contributed by atoms with E-state index in [-0.39, 0.29) is 25.5 Å². The monoisotopic (exact) mass is 427 g/mol. The molecule has 1 amide bonds. The van der Waals surface area contributed by atoms with E-state index in [4.69, 9.17) is 5.11 Å². The van der Waals surface area contributed by atoms with Crippen molar-refractivity contribution in [2.24, 2.45) is 0 Å². The number of rotatable bonds is 6. The normalized spacial score (nSPS) is 12.7. The van der Waals surface area contributed by atoms with Crippen molar-refractivity contribution in [1.29, 1.82) is 0 Å². The Bertz CT molecular complexity index is 1110. The first-order valence-corrected chi connectivity index (χ1v) is 9.84. The van der Waals surface area contributed by atoms with Crippen LogP contribution in [-0.2, 0) is 12.8 Å². The van der Waals surface area contributed by atoms with Gasteiger partial charge in [-0.05, 0) is 65.9 Å². The summed E-state index contributed by atoms with van der Waals surface area (Å²) in [6.45, 7) is 0.668. The third kappa shape index (κ3) is 4.25. The maximum atomic E-state index is 13.5. The van der Waals surface area contributed by atoms with Crippen LogP contribution < -0.4 is 10.2 Å². The first-order valence-electron chi connectivity index (χ1n) is 9.84. The fraction of sp³-hybridized carbons (Fsp3) is 0.217. The molecule has 2 heterocycles. The molecule has 160 valence electrons. The zero-order valence-electron chi connectivity index (χ0n) is 16.5. The highest BCUT2D eigenvalue weighted by Crippen LogP contribution is 2.35. The smallest absolute Gasteiger partial charge is 0.251 e. The van der Waals surface area contributed by atoms with Crippen molar-refractivity contribution in [3.63, 3.8) is 0 Å². The number of aliphatic hydroxyl groups excluding tert-OH is 1. The second-order valence-electron chi connectivity index (χ2n) is 7.26. The van der Waals surface area contributed by atoms with Crippen LogP contribution in [0.25, 0.3) is 0 Å². The highest BCUT2D eigenvalue weighted by molar-refractivity contribution is 5.98. The summed E-state index contributed by atoms with van der Waals surface area (Å²) in [6, 6.07) is 11.0. The maximum Gasteiger partial charge on any atom is 0.251 e. The number of carbonyl (C=O) groups is 1. The Morgan fingerprint density at radius 1 is 1.10 bits per heavy atom. The summed E-state index contributed by atoms with van der Waals surface area (Å²) in [6.07, 6.45) is 2.48. The predicted molar refractivity (Wildman–Crippen MR) is 110 cm³/mol. The molecule has 2 aromatic carbocycles. The van der Waals surface area contributed by atoms with E-state index in [9.17, 15) is 18.0 Å². The van der Waals surface area contributed by atoms with E-state index in [1.165, 1.54) is 0 Å². The number of aliphatic hydroxyl groups is 1. The van der Waals surface area contributed by atoms with Crippen molar-refractivity contribution in [1.82, 2.24) is 10.3 Å². The molecule has 2 N–H and O–H groups in total. The molecule has 0 spiro atoms. The van der Waals surface area contributed by atoms with Gasteiger partial charge in [-0.1, -0.05) is 6.07 Å². The van der Waals surface area contributed by atoms with Gasteiger partial charge in [0.1, 0.15) is 5.82 Å². The van der Waals surface area contributed by atoms with Gasteiger partial charge in [-0.2, -0.15) is 0 Å². The van der Waals surface area contributed by atoms with Crippen molar-refractivity contribution >= 4 is 17.4 Å². The Balaban J connectivity index is 1.60. The van der Waals surface area contributed by atoms with E-state index in [1.54, 1.807) is 24.4 Å². The first kappa shape index (κ1) is 20.9. The number of halogens is 3. The molecule has 4 rings (SSSR count). The van der Waals surface area contributed by atoms with Gasteiger partial charge in [-0.3, -0.25) is 4.79 Å². The van der Waals surface area contributed by atoms with Crippen LogP contribution in [0.5, 0.6) is 0 Å². The van der Waals surface area contributed by atoms with E-state index < -0.39 is 17.5 Å². The minimum absolute atomic E-state index is 0.133. The molecule has 0 saturated carbocycles. The molecule has 3 aromatic rings. The highest BCUT2D eigenvalue weighted by Gasteiger charge is 2.26. The first-order chi connectivity index (χ1) is 15.0. The fourth-order valence-corrected chi connectivity index (χ4v) is 3.81. The van der Waals surface area contributed by atoms with E-state index >= 15 is 0 Å². The molecule has 0 bridgehead atoms. The zero-order valence-corrected chi connectivity index (χ0v) is 16.5. The van der Waals surface area contributed by atoms with Crippen molar-refractivity contribution in [2.45, 2.75) is 12.8 Å². The Labute approximate surface area is 177 Å². The number of aromatic nitrogens is 1. The average Bonchev–Trinajstić information content (AvgIpc) is 3.20. The number of anilines is 2. The largest absolute Gasteiger partial charge is 0.395 e. The van der Waals surface area contributed by atoms with Crippen molar-refractivity contribution in [2.75, 3.05) is 24.6 Å². The Hall–Kier alpha value is -3.39. The molecule has 31 heavy (non-hydrogen) atoms. The molecule has 1 aliphatic heterocycles. The van der Waals surface area contributed by atoms with Gasteiger partial charge in [0.2, 0.25) is 0 Å². The van der Waals surface area contributed by atoms with Crippen LogP contribution in [0, 0.1) is 17.5 Å². The molecular weight excluding hydrogens is 407 g/mol. The number of hydrogen-bond donors (Lipinski definition) is 2. The topological polar surface area (TPSA) is 65.5 Å². The number of nitrogens with zero attached hydrogens (tertiary/aromatic N) is 2. The summed E-state index contributed by atoms with van der Waals surface area (Å²) in [5, 5.41) is 11.6. The van der Waals surface area contributed by atoms with Crippen LogP contribution in [0.3, 0.4) is 0 Å². The third-order valence-corrected chi connectivity index (χ3v) is 5.21. The number of carbonyl (C=O) groups excluding carboxylic acids is 1. The van der Waals surface area contributed by atoms with Crippen LogP contribution in [0.4, 0.5) is 24.7 Å². The van der Waals surface area contributed by atoms with Gasteiger partial charge >= 0.3 is 0 Å². The van der Waals surface area contributed by atoms with Crippen LogP contribution in [-0.4, -0.2) is 35.7 Å². The van der Waals surface area contributed by atoms with E-state index in [1.807, 2.05) is 17.0 Å². The number of fused-ring (bicyclic) bond motifs is 1. The molecule has 0 fully saturated rings. The lowest BCUT2D eigenvalue weighted by atomic mass is 10.0. The predicted octanol–water partition coefficient (Wildman–Crippen LogP) is 3.51. The second kappa shape index (κ2) is 8.77. The lowest BCUT2D eigenvalue weighted by molar-refractivity contribution is 0.0944. The molecule has 5 nitrogen and oxygen atoms in total. The summed E-state index contributed by atoms with van der Waals surface area (Å²) in [7, 11) is 0. The fourth-order valence-electron chi connectivity index (χ4n) is 3.81. The summed E-state index contributed by atoms with van der Waals surface area (Å²) in [5.41, 5.74) is 3.40. The number of pyridine rings is 1. The molecule has 0 saturated heterocycles. The Kier molecular flexibility index (Phi) is 5.90. The molecule has 0 atom stereocenters. The van der Waals surface area contributed by atoms with Crippen LogP contribution in [0.15, 0.2) is 48.7 Å². The standard InChI is InChI=1S/C23H20F3N3O2/c24-18-11-15(12-19(25)22(18)26)10-14-4-6-27-21(13-14)29-8-5-16-17(2-1-3-20(16)29)23(31)28-7-9-30/h1-4,6,11-13,30H,5,7-10H2,(H,28,31). The lowest BCUT2D eigenvalue weighted by Crippen LogP contribution is -2.27. The van der Waals surface area contributed by atoms with E-state index in [0.717, 1.165) is 28.9 Å². The average molecular weight is 427 g/mol. The van der Waals surface area contributed by atoms with Crippen LogP contribution >= 0.6 is 0 Å². The van der Waals surface area contributed by atoms with Gasteiger partial charge < -0.3 is 15.3 Å². The number of amides is 1. The second-order valence-corrected chi connectivity index (χ2v) is 7.26. The van der Waals surface area contributed by atoms with Crippen molar-refractivity contribution in [3.8, 4) is 0 Å². The van der Waals surface area contributed by atoms with Gasteiger partial charge in [0.05, 0.1) is 6.61 Å². The van der Waals surface area contributed by atoms with E-state index in [0.29, 0.717) is 29.9 Å². The Morgan fingerprint density at radius 3 is 2.61 bits per heavy atom. The van der Waals surface area contributed by atoms with Crippen LogP contribution in [0.2, 0.25) is 0 Å². The lowest BCUT2D eigenvalue weighted by Gasteiger charge is -2.19. The number of nitrogens with one attached hydrogen (secondary N) is 1. The summed E-state index contributed by atoms with van der Waals surface area (Å²) < 4.78 is 40.3. The van der Waals surface area contributed by atoms with Gasteiger partial charge in [0.15, 0.2) is 17.5 Å². The summed E-state index contributed by atoms with van der Waals surface area (Å²) >= 11 is 0. The summed E-state index contributed by atoms with van der Waals surface area (Å²) in [4.78, 5) is 18.8. The quantitative estimate of drug-likeness (QED) is 0.591. The van der Waals surface area contributed by atoms with Gasteiger partial charge in [0.25, 0.3) is 5.91 Å². The zero-order chi connectivity index (χ0) is 22.0. The maximum absolute atomic E-state index is 13.5. The minimum atomic E-state index is -1.48. The van der Waals surface area contributed by atoms with Crippen molar-refractivity contribution in [3.05, 3.63) is 88.4 Å². The molecule has 0 aliphatic carbocycles. The molecule has 1 aromatic heterocycles. The molecule has 0 unspecified atom stereocenters. The number of hydrogen-bond acceptors (Lipinski definition) is 4. The summed E-state index contributed by atoms with van der Waals surface area (Å²) in [5.74, 6) is -3.51. The van der Waals surface area contributed by atoms with Crippen molar-refractivity contribution < 1.29 is 23.1 Å². The minimum Gasteiger partial charge on any atom is -0.395 e. The van der Waals surface area contributed by atoms with E-state index in [2.05, 4.69) is 10.3 Å². The molecule has 1 aliphatic rings. The van der Waals surface area contributed by atoms with Gasteiger partial charge in [0, 0.05) is 30.5 Å².